The van der Waals surface area contributed by atoms with Crippen LogP contribution in [0.15, 0.2) is 65.6 Å². The molecule has 27 heavy (non-hydrogen) atoms. The van der Waals surface area contributed by atoms with Crippen molar-refractivity contribution >= 4 is 17.2 Å². The normalized spacial score (nSPS) is 11.9. The number of rotatable bonds is 2. The van der Waals surface area contributed by atoms with Gasteiger partial charge < -0.3 is 0 Å². The highest BCUT2D eigenvalue weighted by Crippen LogP contribution is 2.28. The smallest absolute Gasteiger partial charge is 0.273 e. The second-order valence-electron chi connectivity index (χ2n) is 7.66. The predicted octanol–water partition coefficient (Wildman–Crippen LogP) is 5.31. The molecule has 0 radical (unpaired) electrons. The number of aromatic nitrogens is 3. The Hall–Kier alpha value is -2.85. The van der Waals surface area contributed by atoms with Gasteiger partial charge in [0.25, 0.3) is 5.56 Å². The number of hydrogen-bond donors (Lipinski definition) is 1. The average molecular weight is 378 g/mol. The van der Waals surface area contributed by atoms with Gasteiger partial charge in [0.05, 0.1) is 5.69 Å². The lowest BCUT2D eigenvalue weighted by Crippen LogP contribution is -2.14. The number of H-pyrrole nitrogens is 1. The van der Waals surface area contributed by atoms with Gasteiger partial charge in [-0.25, -0.2) is 9.50 Å². The van der Waals surface area contributed by atoms with E-state index < -0.39 is 0 Å². The van der Waals surface area contributed by atoms with Crippen molar-refractivity contribution in [1.29, 1.82) is 0 Å². The first-order chi connectivity index (χ1) is 12.8. The highest BCUT2D eigenvalue weighted by Gasteiger charge is 2.15. The highest BCUT2D eigenvalue weighted by molar-refractivity contribution is 6.30. The molecule has 0 atom stereocenters. The molecule has 4 rings (SSSR count). The van der Waals surface area contributed by atoms with Gasteiger partial charge in [-0.1, -0.05) is 68.8 Å². The Kier molecular flexibility index (Phi) is 4.16. The van der Waals surface area contributed by atoms with Crippen LogP contribution in [0.5, 0.6) is 0 Å². The zero-order valence-electron chi connectivity index (χ0n) is 15.5. The summed E-state index contributed by atoms with van der Waals surface area (Å²) in [5.41, 5.74) is 5.20. The summed E-state index contributed by atoms with van der Waals surface area (Å²) in [4.78, 5) is 17.3. The van der Waals surface area contributed by atoms with Crippen LogP contribution in [-0.4, -0.2) is 14.6 Å². The van der Waals surface area contributed by atoms with Crippen molar-refractivity contribution < 1.29 is 0 Å². The molecule has 0 aliphatic heterocycles. The van der Waals surface area contributed by atoms with E-state index in [9.17, 15) is 4.79 Å². The van der Waals surface area contributed by atoms with Gasteiger partial charge >= 0.3 is 0 Å². The number of nitrogens with zero attached hydrogens (tertiary/aromatic N) is 2. The molecule has 2 aromatic carbocycles. The van der Waals surface area contributed by atoms with Gasteiger partial charge in [-0.3, -0.25) is 9.89 Å². The maximum atomic E-state index is 12.5. The maximum Gasteiger partial charge on any atom is 0.273 e. The minimum Gasteiger partial charge on any atom is -0.296 e. The molecule has 5 heteroatoms. The monoisotopic (exact) mass is 377 g/mol. The molecule has 136 valence electrons. The Bertz CT molecular complexity index is 1160. The van der Waals surface area contributed by atoms with Gasteiger partial charge in [0.15, 0.2) is 5.65 Å². The molecule has 4 aromatic rings. The summed E-state index contributed by atoms with van der Waals surface area (Å²) in [5.74, 6) is 0. The van der Waals surface area contributed by atoms with E-state index >= 15 is 0 Å². The molecule has 1 N–H and O–H groups in total. The lowest BCUT2D eigenvalue weighted by atomic mass is 9.86. The lowest BCUT2D eigenvalue weighted by Gasteiger charge is -2.19. The Labute approximate surface area is 162 Å². The molecule has 0 saturated heterocycles. The van der Waals surface area contributed by atoms with Crippen molar-refractivity contribution in [1.82, 2.24) is 14.6 Å². The molecule has 2 heterocycles. The van der Waals surface area contributed by atoms with Crippen LogP contribution in [0.25, 0.3) is 28.0 Å². The summed E-state index contributed by atoms with van der Waals surface area (Å²) in [5, 5.41) is 3.66. The Morgan fingerprint density at radius 1 is 0.963 bits per heavy atom. The Morgan fingerprint density at radius 3 is 2.22 bits per heavy atom. The van der Waals surface area contributed by atoms with Crippen LogP contribution < -0.4 is 5.56 Å². The van der Waals surface area contributed by atoms with Gasteiger partial charge in [-0.05, 0) is 28.7 Å². The summed E-state index contributed by atoms with van der Waals surface area (Å²) in [6.07, 6.45) is 1.82. The second kappa shape index (κ2) is 6.39. The predicted molar refractivity (Wildman–Crippen MR) is 110 cm³/mol. The fourth-order valence-corrected chi connectivity index (χ4v) is 3.24. The van der Waals surface area contributed by atoms with Gasteiger partial charge in [-0.2, -0.15) is 0 Å². The Balaban J connectivity index is 1.85. The average Bonchev–Trinajstić information content (AvgIpc) is 3.06. The molecule has 0 bridgehead atoms. The minimum atomic E-state index is -0.150. The van der Waals surface area contributed by atoms with E-state index in [4.69, 9.17) is 16.6 Å². The van der Waals surface area contributed by atoms with Crippen LogP contribution in [0.3, 0.4) is 0 Å². The first-order valence-corrected chi connectivity index (χ1v) is 9.19. The topological polar surface area (TPSA) is 50.2 Å². The van der Waals surface area contributed by atoms with E-state index in [1.807, 2.05) is 18.3 Å². The first kappa shape index (κ1) is 17.6. The van der Waals surface area contributed by atoms with E-state index in [1.165, 1.54) is 16.1 Å². The van der Waals surface area contributed by atoms with Crippen molar-refractivity contribution in [3.8, 4) is 22.4 Å². The number of halogens is 1. The molecule has 4 nitrogen and oxygen atoms in total. The summed E-state index contributed by atoms with van der Waals surface area (Å²) in [7, 11) is 0. The zero-order valence-corrected chi connectivity index (χ0v) is 16.2. The largest absolute Gasteiger partial charge is 0.296 e. The number of benzene rings is 2. The summed E-state index contributed by atoms with van der Waals surface area (Å²) >= 11 is 5.97. The van der Waals surface area contributed by atoms with Gasteiger partial charge in [0, 0.05) is 28.4 Å². The molecule has 0 aliphatic rings. The summed E-state index contributed by atoms with van der Waals surface area (Å²) < 4.78 is 1.46. The number of nitrogens with one attached hydrogen (secondary N) is 1. The maximum absolute atomic E-state index is 12.5. The van der Waals surface area contributed by atoms with E-state index in [2.05, 4.69) is 50.1 Å². The third-order valence-electron chi connectivity index (χ3n) is 4.70. The fraction of sp³-hybridized carbons (Fsp3) is 0.182. The van der Waals surface area contributed by atoms with Gasteiger partial charge in [0.1, 0.15) is 0 Å². The SMILES string of the molecule is CC(C)(C)c1ccc(-c2c[nH]n3c(=O)cc(-c4ccc(Cl)cc4)nc23)cc1. The van der Waals surface area contributed by atoms with E-state index in [-0.39, 0.29) is 11.0 Å². The fourth-order valence-electron chi connectivity index (χ4n) is 3.11. The van der Waals surface area contributed by atoms with E-state index in [0.29, 0.717) is 16.4 Å². The van der Waals surface area contributed by atoms with Crippen LogP contribution in [-0.2, 0) is 5.41 Å². The minimum absolute atomic E-state index is 0.0929. The molecule has 0 fully saturated rings. The molecule has 0 saturated carbocycles. The molecule has 0 amide bonds. The van der Waals surface area contributed by atoms with Crippen LogP contribution in [0, 0.1) is 0 Å². The highest BCUT2D eigenvalue weighted by atomic mass is 35.5. The van der Waals surface area contributed by atoms with Crippen LogP contribution in [0.4, 0.5) is 0 Å². The second-order valence-corrected chi connectivity index (χ2v) is 8.10. The van der Waals surface area contributed by atoms with Gasteiger partial charge in [-0.15, -0.1) is 0 Å². The van der Waals surface area contributed by atoms with Crippen LogP contribution in [0.1, 0.15) is 26.3 Å². The summed E-state index contributed by atoms with van der Waals surface area (Å²) in [6, 6.07) is 17.2. The molecular formula is C22H20ClN3O. The third-order valence-corrected chi connectivity index (χ3v) is 4.95. The molecule has 0 spiro atoms. The summed E-state index contributed by atoms with van der Waals surface area (Å²) in [6.45, 7) is 6.56. The lowest BCUT2D eigenvalue weighted by molar-refractivity contribution is 0.590. The quantitative estimate of drug-likeness (QED) is 0.514. The van der Waals surface area contributed by atoms with Gasteiger partial charge in [0.2, 0.25) is 0 Å². The molecule has 0 aliphatic carbocycles. The molecule has 0 unspecified atom stereocenters. The van der Waals surface area contributed by atoms with Crippen molar-refractivity contribution in [2.75, 3.05) is 0 Å². The van der Waals surface area contributed by atoms with Crippen molar-refractivity contribution in [3.05, 3.63) is 81.7 Å². The number of aromatic amines is 1. The van der Waals surface area contributed by atoms with E-state index in [0.717, 1.165) is 16.7 Å². The Morgan fingerprint density at radius 2 is 1.59 bits per heavy atom. The van der Waals surface area contributed by atoms with Crippen molar-refractivity contribution in [2.24, 2.45) is 0 Å². The first-order valence-electron chi connectivity index (χ1n) is 8.81. The van der Waals surface area contributed by atoms with Crippen molar-refractivity contribution in [3.63, 3.8) is 0 Å². The van der Waals surface area contributed by atoms with Crippen LogP contribution in [0.2, 0.25) is 5.02 Å². The van der Waals surface area contributed by atoms with Crippen molar-refractivity contribution in [2.45, 2.75) is 26.2 Å². The van der Waals surface area contributed by atoms with E-state index in [1.54, 1.807) is 12.1 Å². The standard InChI is InChI=1S/C22H20ClN3O/c1-22(2,3)16-8-4-14(5-9-16)18-13-24-26-20(27)12-19(25-21(18)26)15-6-10-17(23)11-7-15/h4-13,24H,1-3H3. The zero-order chi connectivity index (χ0) is 19.2. The molecular weight excluding hydrogens is 358 g/mol. The number of hydrogen-bond acceptors (Lipinski definition) is 2. The number of fused-ring (bicyclic) bond motifs is 1. The third kappa shape index (κ3) is 3.28. The molecule has 2 aromatic heterocycles. The van der Waals surface area contributed by atoms with Crippen LogP contribution >= 0.6 is 11.6 Å².